The molecular formula is C20H20N4O. The van der Waals surface area contributed by atoms with Crippen molar-refractivity contribution in [2.45, 2.75) is 6.42 Å². The highest BCUT2D eigenvalue weighted by molar-refractivity contribution is 5.86. The summed E-state index contributed by atoms with van der Waals surface area (Å²) in [5.41, 5.74) is 2.01. The van der Waals surface area contributed by atoms with E-state index < -0.39 is 0 Å². The van der Waals surface area contributed by atoms with Gasteiger partial charge in [0.1, 0.15) is 0 Å². The predicted molar refractivity (Wildman–Crippen MR) is 99.4 cm³/mol. The molecule has 4 rings (SSSR count). The number of rotatable bonds is 3. The van der Waals surface area contributed by atoms with E-state index in [9.17, 15) is 4.79 Å². The number of aromatic nitrogens is 2. The second-order valence-electron chi connectivity index (χ2n) is 6.29. The summed E-state index contributed by atoms with van der Waals surface area (Å²) in [7, 11) is 0. The third-order valence-electron chi connectivity index (χ3n) is 4.65. The van der Waals surface area contributed by atoms with Crippen LogP contribution in [0, 0.1) is 0 Å². The van der Waals surface area contributed by atoms with Gasteiger partial charge in [0.15, 0.2) is 0 Å². The summed E-state index contributed by atoms with van der Waals surface area (Å²) in [4.78, 5) is 24.2. The van der Waals surface area contributed by atoms with Crippen LogP contribution in [0.5, 0.6) is 0 Å². The van der Waals surface area contributed by atoms with Gasteiger partial charge in [-0.05, 0) is 29.3 Å². The number of anilines is 1. The summed E-state index contributed by atoms with van der Waals surface area (Å²) >= 11 is 0. The first kappa shape index (κ1) is 15.6. The topological polar surface area (TPSA) is 49.3 Å². The molecule has 0 spiro atoms. The molecule has 2 heterocycles. The van der Waals surface area contributed by atoms with Crippen molar-refractivity contribution in [3.63, 3.8) is 0 Å². The summed E-state index contributed by atoms with van der Waals surface area (Å²) in [6.07, 6.45) is 3.67. The minimum absolute atomic E-state index is 0.715. The molecule has 2 aromatic carbocycles. The molecule has 0 aliphatic carbocycles. The minimum Gasteiger partial charge on any atom is -0.343 e. The fourth-order valence-corrected chi connectivity index (χ4v) is 3.25. The van der Waals surface area contributed by atoms with E-state index in [-0.39, 0.29) is 0 Å². The van der Waals surface area contributed by atoms with Crippen molar-refractivity contribution in [3.05, 3.63) is 54.7 Å². The average Bonchev–Trinajstić information content (AvgIpc) is 2.93. The van der Waals surface area contributed by atoms with Crippen LogP contribution in [0.4, 0.5) is 5.95 Å². The highest BCUT2D eigenvalue weighted by Crippen LogP contribution is 2.24. The summed E-state index contributed by atoms with van der Waals surface area (Å²) in [6.45, 7) is 3.14. The maximum absolute atomic E-state index is 11.0. The highest BCUT2D eigenvalue weighted by Gasteiger charge is 2.16. The van der Waals surface area contributed by atoms with Crippen molar-refractivity contribution in [1.82, 2.24) is 14.9 Å². The third kappa shape index (κ3) is 3.31. The molecule has 5 heteroatoms. The first-order valence-corrected chi connectivity index (χ1v) is 8.60. The number of fused-ring (bicyclic) bond motifs is 1. The zero-order valence-electron chi connectivity index (χ0n) is 14.0. The van der Waals surface area contributed by atoms with Gasteiger partial charge in [0.05, 0.1) is 5.69 Å². The number of hydrogen-bond donors (Lipinski definition) is 0. The molecular weight excluding hydrogens is 312 g/mol. The van der Waals surface area contributed by atoms with Crippen molar-refractivity contribution in [2.75, 3.05) is 31.1 Å². The van der Waals surface area contributed by atoms with Gasteiger partial charge in [0, 0.05) is 37.9 Å². The molecule has 0 bridgehead atoms. The summed E-state index contributed by atoms with van der Waals surface area (Å²) < 4.78 is 0. The lowest BCUT2D eigenvalue weighted by atomic mass is 10.1. The number of carbonyl (C=O) groups excluding carboxylic acids is 1. The molecule has 0 N–H and O–H groups in total. The van der Waals surface area contributed by atoms with Gasteiger partial charge in [-0.15, -0.1) is 0 Å². The van der Waals surface area contributed by atoms with E-state index in [1.807, 2.05) is 29.3 Å². The summed E-state index contributed by atoms with van der Waals surface area (Å²) in [5, 5.41) is 2.43. The molecule has 0 saturated carbocycles. The first-order valence-electron chi connectivity index (χ1n) is 8.60. The zero-order chi connectivity index (χ0) is 17.1. The highest BCUT2D eigenvalue weighted by atomic mass is 16.1. The molecule has 0 atom stereocenters. The van der Waals surface area contributed by atoms with Gasteiger partial charge in [0.2, 0.25) is 12.4 Å². The van der Waals surface area contributed by atoms with Gasteiger partial charge in [0.25, 0.3) is 0 Å². The maximum atomic E-state index is 11.0. The second kappa shape index (κ2) is 6.89. The predicted octanol–water partition coefficient (Wildman–Crippen LogP) is 2.97. The number of benzene rings is 2. The lowest BCUT2D eigenvalue weighted by molar-refractivity contribution is -0.117. The van der Waals surface area contributed by atoms with E-state index >= 15 is 0 Å². The maximum Gasteiger partial charge on any atom is 0.225 e. The zero-order valence-corrected chi connectivity index (χ0v) is 14.0. The Morgan fingerprint density at radius 1 is 0.920 bits per heavy atom. The quantitative estimate of drug-likeness (QED) is 0.692. The molecule has 1 aromatic heterocycles. The Labute approximate surface area is 146 Å². The van der Waals surface area contributed by atoms with E-state index in [1.54, 1.807) is 0 Å². The molecule has 1 amide bonds. The lowest BCUT2D eigenvalue weighted by Crippen LogP contribution is -2.31. The SMILES string of the molecule is O=CN1CCCN(c2nccc(-c3ccc4ccccc4c3)n2)CC1. The second-order valence-corrected chi connectivity index (χ2v) is 6.29. The standard InChI is InChI=1S/C20H20N4O/c25-15-23-10-3-11-24(13-12-23)20-21-9-8-19(22-20)18-7-6-16-4-1-2-5-17(16)14-18/h1-2,4-9,14-15H,3,10-13H2. The number of amides is 1. The Hall–Kier alpha value is -2.95. The minimum atomic E-state index is 0.715. The van der Waals surface area contributed by atoms with Crippen molar-refractivity contribution < 1.29 is 4.79 Å². The molecule has 126 valence electrons. The molecule has 25 heavy (non-hydrogen) atoms. The van der Waals surface area contributed by atoms with Gasteiger partial charge in [-0.1, -0.05) is 36.4 Å². The van der Waals surface area contributed by atoms with Crippen LogP contribution in [0.1, 0.15) is 6.42 Å². The lowest BCUT2D eigenvalue weighted by Gasteiger charge is -2.20. The Kier molecular flexibility index (Phi) is 4.29. The van der Waals surface area contributed by atoms with Gasteiger partial charge < -0.3 is 9.80 Å². The van der Waals surface area contributed by atoms with Gasteiger partial charge in [-0.25, -0.2) is 9.97 Å². The number of hydrogen-bond acceptors (Lipinski definition) is 4. The van der Waals surface area contributed by atoms with E-state index in [2.05, 4.69) is 40.2 Å². The Morgan fingerprint density at radius 3 is 2.68 bits per heavy atom. The smallest absolute Gasteiger partial charge is 0.225 e. The van der Waals surface area contributed by atoms with Crippen molar-refractivity contribution in [2.24, 2.45) is 0 Å². The van der Waals surface area contributed by atoms with Crippen LogP contribution in [-0.2, 0) is 4.79 Å². The summed E-state index contributed by atoms with van der Waals surface area (Å²) in [5.74, 6) is 0.735. The molecule has 0 unspecified atom stereocenters. The van der Waals surface area contributed by atoms with Crippen LogP contribution in [0.2, 0.25) is 0 Å². The van der Waals surface area contributed by atoms with Gasteiger partial charge in [-0.2, -0.15) is 0 Å². The molecule has 0 radical (unpaired) electrons. The normalized spacial score (nSPS) is 15.2. The molecule has 1 fully saturated rings. The fraction of sp³-hybridized carbons (Fsp3) is 0.250. The monoisotopic (exact) mass is 332 g/mol. The van der Waals surface area contributed by atoms with Crippen LogP contribution in [0.15, 0.2) is 54.7 Å². The third-order valence-corrected chi connectivity index (χ3v) is 4.65. The number of nitrogens with zero attached hydrogens (tertiary/aromatic N) is 4. The van der Waals surface area contributed by atoms with E-state index in [0.717, 1.165) is 49.7 Å². The first-order chi connectivity index (χ1) is 12.3. The Bertz CT molecular complexity index is 896. The van der Waals surface area contributed by atoms with E-state index in [0.29, 0.717) is 6.54 Å². The summed E-state index contributed by atoms with van der Waals surface area (Å²) in [6, 6.07) is 16.7. The number of carbonyl (C=O) groups is 1. The molecule has 3 aromatic rings. The molecule has 1 aliphatic heterocycles. The largest absolute Gasteiger partial charge is 0.343 e. The van der Waals surface area contributed by atoms with E-state index in [4.69, 9.17) is 4.98 Å². The van der Waals surface area contributed by atoms with Gasteiger partial charge in [-0.3, -0.25) is 4.79 Å². The van der Waals surface area contributed by atoms with Crippen LogP contribution in [0.3, 0.4) is 0 Å². The van der Waals surface area contributed by atoms with Crippen molar-refractivity contribution in [1.29, 1.82) is 0 Å². The van der Waals surface area contributed by atoms with Crippen molar-refractivity contribution in [3.8, 4) is 11.3 Å². The van der Waals surface area contributed by atoms with E-state index in [1.165, 1.54) is 10.8 Å². The fourth-order valence-electron chi connectivity index (χ4n) is 3.25. The van der Waals surface area contributed by atoms with Crippen molar-refractivity contribution >= 4 is 23.1 Å². The van der Waals surface area contributed by atoms with Gasteiger partial charge >= 0.3 is 0 Å². The molecule has 1 saturated heterocycles. The van der Waals surface area contributed by atoms with Crippen LogP contribution in [-0.4, -0.2) is 47.5 Å². The van der Waals surface area contributed by atoms with Crippen LogP contribution < -0.4 is 4.90 Å². The molecule has 1 aliphatic rings. The van der Waals surface area contributed by atoms with Crippen LogP contribution in [0.25, 0.3) is 22.0 Å². The Morgan fingerprint density at radius 2 is 1.80 bits per heavy atom. The Balaban J connectivity index is 1.63. The average molecular weight is 332 g/mol. The molecule has 5 nitrogen and oxygen atoms in total. The van der Waals surface area contributed by atoms with Crippen LogP contribution >= 0.6 is 0 Å².